The van der Waals surface area contributed by atoms with Crippen molar-refractivity contribution in [2.24, 2.45) is 5.92 Å². The molecule has 0 bridgehead atoms. The highest BCUT2D eigenvalue weighted by molar-refractivity contribution is 5.91. The van der Waals surface area contributed by atoms with Gasteiger partial charge in [0.1, 0.15) is 29.9 Å². The number of nitrogens with one attached hydrogen (secondary N) is 5. The maximum atomic E-state index is 13.9. The number of alkyl carbamates (subject to hydrolysis) is 2. The second-order valence-electron chi connectivity index (χ2n) is 12.9. The fourth-order valence-corrected chi connectivity index (χ4v) is 5.81. The molecule has 246 valence electrons. The van der Waals surface area contributed by atoms with E-state index in [2.05, 4.69) is 31.2 Å². The average Bonchev–Trinajstić information content (AvgIpc) is 3.67. The van der Waals surface area contributed by atoms with E-state index in [1.807, 2.05) is 30.3 Å². The number of carbonyl (C=O) groups excluding carboxylic acids is 4. The van der Waals surface area contributed by atoms with Crippen molar-refractivity contribution in [3.05, 3.63) is 54.1 Å². The summed E-state index contributed by atoms with van der Waals surface area (Å²) in [6.45, 7) is 5.31. The molecule has 2 heterocycles. The van der Waals surface area contributed by atoms with Crippen LogP contribution in [0.2, 0.25) is 0 Å². The minimum absolute atomic E-state index is 0.0777. The number of aromatic nitrogens is 2. The van der Waals surface area contributed by atoms with E-state index in [1.165, 1.54) is 6.33 Å². The topological polar surface area (TPSA) is 184 Å². The molecule has 1 aliphatic carbocycles. The van der Waals surface area contributed by atoms with Crippen molar-refractivity contribution in [1.29, 1.82) is 0 Å². The Kier molecular flexibility index (Phi) is 11.8. The van der Waals surface area contributed by atoms with E-state index in [4.69, 9.17) is 9.47 Å². The van der Waals surface area contributed by atoms with E-state index in [-0.39, 0.29) is 25.3 Å². The number of amides is 4. The van der Waals surface area contributed by atoms with E-state index in [1.54, 1.807) is 27.0 Å². The van der Waals surface area contributed by atoms with Crippen molar-refractivity contribution in [2.45, 2.75) is 108 Å². The Hall–Kier alpha value is -4.13. The van der Waals surface area contributed by atoms with Gasteiger partial charge in [0.25, 0.3) is 0 Å². The lowest BCUT2D eigenvalue weighted by Gasteiger charge is -2.33. The fourth-order valence-electron chi connectivity index (χ4n) is 5.81. The first-order chi connectivity index (χ1) is 21.5. The minimum Gasteiger partial charge on any atom is -0.444 e. The number of hydrogen-bond acceptors (Lipinski definition) is 8. The first kappa shape index (κ1) is 33.8. The van der Waals surface area contributed by atoms with Crippen LogP contribution in [0.5, 0.6) is 0 Å². The minimum atomic E-state index is -1.15. The van der Waals surface area contributed by atoms with Gasteiger partial charge in [-0.05, 0) is 38.7 Å². The molecule has 1 saturated heterocycles. The molecule has 0 unspecified atom stereocenters. The molecule has 13 heteroatoms. The monoisotopic (exact) mass is 626 g/mol. The molecule has 0 radical (unpaired) electrons. The third kappa shape index (κ3) is 10.8. The maximum absolute atomic E-state index is 13.9. The van der Waals surface area contributed by atoms with Gasteiger partial charge in [-0.2, -0.15) is 0 Å². The quantitative estimate of drug-likeness (QED) is 0.196. The summed E-state index contributed by atoms with van der Waals surface area (Å²) in [7, 11) is 0. The molecule has 1 aromatic carbocycles. The van der Waals surface area contributed by atoms with E-state index < -0.39 is 59.9 Å². The molecule has 5 atom stereocenters. The molecule has 0 spiro atoms. The number of hydrogen-bond donors (Lipinski definition) is 6. The Morgan fingerprint density at radius 2 is 1.71 bits per heavy atom. The lowest BCUT2D eigenvalue weighted by Crippen LogP contribution is -2.58. The zero-order chi connectivity index (χ0) is 32.4. The number of aliphatic hydroxyl groups is 1. The zero-order valence-electron chi connectivity index (χ0n) is 26.2. The summed E-state index contributed by atoms with van der Waals surface area (Å²) in [5.41, 5.74) is 0.630. The molecule has 2 aliphatic rings. The molecular weight excluding hydrogens is 580 g/mol. The summed E-state index contributed by atoms with van der Waals surface area (Å²) in [5, 5.41) is 22.3. The van der Waals surface area contributed by atoms with E-state index in [0.717, 1.165) is 37.7 Å². The Morgan fingerprint density at radius 3 is 2.33 bits per heavy atom. The van der Waals surface area contributed by atoms with Crippen molar-refractivity contribution in [3.63, 3.8) is 0 Å². The molecule has 13 nitrogen and oxygen atoms in total. The number of nitrogens with zero attached hydrogens (tertiary/aromatic N) is 1. The Labute approximate surface area is 263 Å². The lowest BCUT2D eigenvalue weighted by atomic mass is 9.83. The fraction of sp³-hybridized carbons (Fsp3) is 0.594. The van der Waals surface area contributed by atoms with E-state index in [9.17, 15) is 24.3 Å². The number of ether oxygens (including phenoxy) is 2. The average molecular weight is 627 g/mol. The van der Waals surface area contributed by atoms with Gasteiger partial charge < -0.3 is 40.8 Å². The van der Waals surface area contributed by atoms with Crippen LogP contribution in [0.15, 0.2) is 42.9 Å². The second kappa shape index (κ2) is 15.7. The largest absolute Gasteiger partial charge is 0.444 e. The standard InChI is InChI=1S/C32H46N6O7/c1-32(2,3)45-31(43)38-24(15-21-12-8-5-9-13-21)28(40)37-25(16-22-17-33-19-35-22)29(41)36-23(14-20-10-6-4-7-11-20)27(39)26-18-34-30(42)44-26/h5,8-9,12-13,17,19-20,23-27,39H,4,6-7,10-11,14-16,18H2,1-3H3,(H,33,35)(H,34,42)(H,36,41)(H,37,40)(H,38,43)/t23-,24-,25-,26-,27+/m0/s1. The highest BCUT2D eigenvalue weighted by Crippen LogP contribution is 2.29. The Morgan fingerprint density at radius 1 is 1.02 bits per heavy atom. The van der Waals surface area contributed by atoms with Crippen molar-refractivity contribution in [2.75, 3.05) is 6.54 Å². The molecule has 2 aromatic rings. The molecule has 4 rings (SSSR count). The van der Waals surface area contributed by atoms with Gasteiger partial charge in [0.2, 0.25) is 11.8 Å². The van der Waals surface area contributed by atoms with Crippen LogP contribution in [-0.2, 0) is 31.9 Å². The normalized spacial score (nSPS) is 19.7. The van der Waals surface area contributed by atoms with Crippen LogP contribution in [0.3, 0.4) is 0 Å². The summed E-state index contributed by atoms with van der Waals surface area (Å²) in [6.07, 6.45) is 5.69. The van der Waals surface area contributed by atoms with Gasteiger partial charge in [0.05, 0.1) is 18.9 Å². The molecule has 4 amide bonds. The van der Waals surface area contributed by atoms with Crippen LogP contribution in [0.4, 0.5) is 9.59 Å². The van der Waals surface area contributed by atoms with Crippen molar-refractivity contribution in [1.82, 2.24) is 31.2 Å². The number of cyclic esters (lactones) is 1. The van der Waals surface area contributed by atoms with E-state index >= 15 is 0 Å². The zero-order valence-corrected chi connectivity index (χ0v) is 26.2. The van der Waals surface area contributed by atoms with Crippen LogP contribution in [0.25, 0.3) is 0 Å². The Balaban J connectivity index is 1.53. The van der Waals surface area contributed by atoms with Gasteiger partial charge in [-0.3, -0.25) is 9.59 Å². The number of rotatable bonds is 13. The predicted molar refractivity (Wildman–Crippen MR) is 165 cm³/mol. The van der Waals surface area contributed by atoms with Gasteiger partial charge >= 0.3 is 12.2 Å². The van der Waals surface area contributed by atoms with Crippen molar-refractivity contribution >= 4 is 24.0 Å². The van der Waals surface area contributed by atoms with Crippen LogP contribution in [-0.4, -0.2) is 81.6 Å². The van der Waals surface area contributed by atoms with Crippen LogP contribution >= 0.6 is 0 Å². The van der Waals surface area contributed by atoms with E-state index in [0.29, 0.717) is 12.1 Å². The molecule has 1 saturated carbocycles. The first-order valence-electron chi connectivity index (χ1n) is 15.7. The van der Waals surface area contributed by atoms with Crippen LogP contribution in [0.1, 0.15) is 70.6 Å². The lowest BCUT2D eigenvalue weighted by molar-refractivity contribution is -0.131. The summed E-state index contributed by atoms with van der Waals surface area (Å²) < 4.78 is 10.7. The van der Waals surface area contributed by atoms with Gasteiger partial charge in [-0.25, -0.2) is 14.6 Å². The third-order valence-corrected chi connectivity index (χ3v) is 8.04. The Bertz CT molecular complexity index is 1260. The van der Waals surface area contributed by atoms with Gasteiger partial charge in [0.15, 0.2) is 0 Å². The number of aromatic amines is 1. The predicted octanol–water partition coefficient (Wildman–Crippen LogP) is 2.50. The second-order valence-corrected chi connectivity index (χ2v) is 12.9. The van der Waals surface area contributed by atoms with Gasteiger partial charge in [-0.1, -0.05) is 62.4 Å². The number of carbonyl (C=O) groups is 4. The number of aliphatic hydroxyl groups excluding tert-OH is 1. The van der Waals surface area contributed by atoms with Crippen molar-refractivity contribution < 1.29 is 33.8 Å². The highest BCUT2D eigenvalue weighted by atomic mass is 16.6. The molecule has 2 fully saturated rings. The molecule has 45 heavy (non-hydrogen) atoms. The molecule has 6 N–H and O–H groups in total. The van der Waals surface area contributed by atoms with Crippen LogP contribution in [0, 0.1) is 5.92 Å². The SMILES string of the molecule is CC(C)(C)OC(=O)N[C@@H](Cc1ccccc1)C(=O)N[C@@H](Cc1cnc[nH]1)C(=O)N[C@@H](CC1CCCCC1)[C@@H](O)[C@@H]1CNC(=O)O1. The van der Waals surface area contributed by atoms with Gasteiger partial charge in [-0.15, -0.1) is 0 Å². The molecule has 1 aliphatic heterocycles. The molecule has 1 aromatic heterocycles. The number of benzene rings is 1. The number of H-pyrrole nitrogens is 1. The van der Waals surface area contributed by atoms with Crippen LogP contribution < -0.4 is 21.3 Å². The summed E-state index contributed by atoms with van der Waals surface area (Å²) in [5.74, 6) is -0.814. The summed E-state index contributed by atoms with van der Waals surface area (Å²) in [4.78, 5) is 59.1. The maximum Gasteiger partial charge on any atom is 0.408 e. The van der Waals surface area contributed by atoms with Gasteiger partial charge in [0, 0.05) is 24.7 Å². The first-order valence-corrected chi connectivity index (χ1v) is 15.7. The third-order valence-electron chi connectivity index (χ3n) is 8.04. The summed E-state index contributed by atoms with van der Waals surface area (Å²) >= 11 is 0. The number of imidazole rings is 1. The smallest absolute Gasteiger partial charge is 0.408 e. The summed E-state index contributed by atoms with van der Waals surface area (Å²) in [6, 6.07) is 6.35. The molecular formula is C32H46N6O7. The highest BCUT2D eigenvalue weighted by Gasteiger charge is 2.38. The van der Waals surface area contributed by atoms with Crippen molar-refractivity contribution in [3.8, 4) is 0 Å².